The van der Waals surface area contributed by atoms with Crippen LogP contribution < -0.4 is 5.73 Å². The Kier molecular flexibility index (Phi) is 4.14. The minimum Gasteiger partial charge on any atom is -0.339 e. The maximum absolute atomic E-state index is 5.60. The van der Waals surface area contributed by atoms with Crippen molar-refractivity contribution >= 4 is 11.3 Å². The molecule has 0 unspecified atom stereocenters. The van der Waals surface area contributed by atoms with Crippen molar-refractivity contribution in [1.82, 2.24) is 10.1 Å². The molecule has 2 heterocycles. The number of aromatic nitrogens is 2. The number of hydrogen-bond donors (Lipinski definition) is 1. The highest BCUT2D eigenvalue weighted by Crippen LogP contribution is 2.26. The highest BCUT2D eigenvalue weighted by Gasteiger charge is 2.18. The van der Waals surface area contributed by atoms with Crippen LogP contribution in [0, 0.1) is 5.41 Å². The first kappa shape index (κ1) is 13.2. The Labute approximate surface area is 111 Å². The van der Waals surface area contributed by atoms with Gasteiger partial charge in [-0.15, -0.1) is 0 Å². The molecule has 2 N–H and O–H groups in total. The van der Waals surface area contributed by atoms with E-state index < -0.39 is 0 Å². The number of hydrogen-bond acceptors (Lipinski definition) is 5. The molecule has 0 saturated heterocycles. The van der Waals surface area contributed by atoms with Gasteiger partial charge in [-0.05, 0) is 36.2 Å². The molecule has 0 aliphatic rings. The van der Waals surface area contributed by atoms with E-state index in [0.717, 1.165) is 31.4 Å². The lowest BCUT2D eigenvalue weighted by molar-refractivity contribution is 0.289. The third-order valence-electron chi connectivity index (χ3n) is 3.08. The van der Waals surface area contributed by atoms with Gasteiger partial charge in [0.05, 0.1) is 0 Å². The standard InChI is InChI=1S/C13H19N3OS/c1-13(2,6-7-14)5-3-11-15-12(16-17-11)10-4-8-18-9-10/h4,8-9H,3,5-7,14H2,1-2H3. The van der Waals surface area contributed by atoms with Crippen molar-refractivity contribution in [2.24, 2.45) is 11.1 Å². The third kappa shape index (κ3) is 3.40. The lowest BCUT2D eigenvalue weighted by Gasteiger charge is -2.22. The van der Waals surface area contributed by atoms with Crippen molar-refractivity contribution in [3.05, 3.63) is 22.7 Å². The molecule has 0 aliphatic carbocycles. The van der Waals surface area contributed by atoms with Crippen LogP contribution in [-0.2, 0) is 6.42 Å². The van der Waals surface area contributed by atoms with Gasteiger partial charge in [0.15, 0.2) is 0 Å². The highest BCUT2D eigenvalue weighted by molar-refractivity contribution is 7.08. The molecule has 0 aliphatic heterocycles. The average Bonchev–Trinajstić information content (AvgIpc) is 2.97. The Hall–Kier alpha value is -1.20. The Morgan fingerprint density at radius 3 is 2.89 bits per heavy atom. The van der Waals surface area contributed by atoms with Crippen molar-refractivity contribution in [1.29, 1.82) is 0 Å². The van der Waals surface area contributed by atoms with Gasteiger partial charge in [-0.25, -0.2) is 0 Å². The fraction of sp³-hybridized carbons (Fsp3) is 0.538. The largest absolute Gasteiger partial charge is 0.339 e. The van der Waals surface area contributed by atoms with E-state index in [-0.39, 0.29) is 5.41 Å². The third-order valence-corrected chi connectivity index (χ3v) is 3.77. The van der Waals surface area contributed by atoms with Gasteiger partial charge in [0.1, 0.15) is 0 Å². The smallest absolute Gasteiger partial charge is 0.226 e. The van der Waals surface area contributed by atoms with Crippen LogP contribution in [0.1, 0.15) is 32.6 Å². The Morgan fingerprint density at radius 2 is 2.22 bits per heavy atom. The van der Waals surface area contributed by atoms with Crippen LogP contribution in [0.2, 0.25) is 0 Å². The van der Waals surface area contributed by atoms with E-state index in [4.69, 9.17) is 10.3 Å². The van der Waals surface area contributed by atoms with Gasteiger partial charge < -0.3 is 10.3 Å². The maximum Gasteiger partial charge on any atom is 0.226 e. The van der Waals surface area contributed by atoms with Crippen LogP contribution in [0.15, 0.2) is 21.3 Å². The summed E-state index contributed by atoms with van der Waals surface area (Å²) in [6.45, 7) is 5.16. The summed E-state index contributed by atoms with van der Waals surface area (Å²) in [6, 6.07) is 2.00. The van der Waals surface area contributed by atoms with E-state index in [2.05, 4.69) is 24.0 Å². The van der Waals surface area contributed by atoms with Gasteiger partial charge in [0, 0.05) is 17.4 Å². The minimum atomic E-state index is 0.228. The Balaban J connectivity index is 1.95. The van der Waals surface area contributed by atoms with Gasteiger partial charge in [-0.1, -0.05) is 19.0 Å². The first-order valence-electron chi connectivity index (χ1n) is 6.16. The highest BCUT2D eigenvalue weighted by atomic mass is 32.1. The number of aryl methyl sites for hydroxylation is 1. The summed E-state index contributed by atoms with van der Waals surface area (Å²) in [6.07, 6.45) is 2.83. The molecule has 18 heavy (non-hydrogen) atoms. The molecular formula is C13H19N3OS. The van der Waals surface area contributed by atoms with Crippen molar-refractivity contribution in [3.63, 3.8) is 0 Å². The summed E-state index contributed by atoms with van der Waals surface area (Å²) in [5.41, 5.74) is 6.85. The van der Waals surface area contributed by atoms with Crippen molar-refractivity contribution in [3.8, 4) is 11.4 Å². The zero-order valence-electron chi connectivity index (χ0n) is 10.8. The molecule has 2 aromatic heterocycles. The molecule has 0 fully saturated rings. The van der Waals surface area contributed by atoms with Gasteiger partial charge >= 0.3 is 0 Å². The van der Waals surface area contributed by atoms with Crippen LogP contribution in [0.3, 0.4) is 0 Å². The zero-order valence-corrected chi connectivity index (χ0v) is 11.7. The molecule has 0 saturated carbocycles. The summed E-state index contributed by atoms with van der Waals surface area (Å²) >= 11 is 1.63. The molecule has 0 bridgehead atoms. The summed E-state index contributed by atoms with van der Waals surface area (Å²) < 4.78 is 5.27. The van der Waals surface area contributed by atoms with Crippen LogP contribution in [-0.4, -0.2) is 16.7 Å². The van der Waals surface area contributed by atoms with Crippen LogP contribution in [0.4, 0.5) is 0 Å². The van der Waals surface area contributed by atoms with Crippen LogP contribution >= 0.6 is 11.3 Å². The van der Waals surface area contributed by atoms with E-state index in [9.17, 15) is 0 Å². The van der Waals surface area contributed by atoms with E-state index in [1.807, 2.05) is 16.8 Å². The van der Waals surface area contributed by atoms with Gasteiger partial charge in [-0.3, -0.25) is 0 Å². The minimum absolute atomic E-state index is 0.228. The maximum atomic E-state index is 5.60. The zero-order chi connectivity index (χ0) is 13.0. The number of thiophene rings is 1. The Bertz CT molecular complexity index is 476. The Morgan fingerprint density at radius 1 is 1.39 bits per heavy atom. The summed E-state index contributed by atoms with van der Waals surface area (Å²) in [4.78, 5) is 4.41. The molecule has 98 valence electrons. The van der Waals surface area contributed by atoms with Crippen molar-refractivity contribution < 1.29 is 4.52 Å². The molecule has 0 aromatic carbocycles. The molecule has 0 radical (unpaired) electrons. The van der Waals surface area contributed by atoms with Gasteiger partial charge in [0.25, 0.3) is 0 Å². The van der Waals surface area contributed by atoms with Crippen LogP contribution in [0.5, 0.6) is 0 Å². The fourth-order valence-electron chi connectivity index (χ4n) is 1.83. The lowest BCUT2D eigenvalue weighted by Crippen LogP contribution is -2.17. The lowest BCUT2D eigenvalue weighted by atomic mass is 9.84. The molecule has 2 rings (SSSR count). The number of nitrogens with zero attached hydrogens (tertiary/aromatic N) is 2. The second-order valence-corrected chi connectivity index (χ2v) is 6.01. The number of nitrogens with two attached hydrogens (primary N) is 1. The second kappa shape index (κ2) is 5.63. The second-order valence-electron chi connectivity index (χ2n) is 5.23. The summed E-state index contributed by atoms with van der Waals surface area (Å²) in [5.74, 6) is 1.39. The molecule has 4 nitrogen and oxygen atoms in total. The fourth-order valence-corrected chi connectivity index (χ4v) is 2.46. The SMILES string of the molecule is CC(C)(CCN)CCc1nc(-c2ccsc2)no1. The molecular weight excluding hydrogens is 246 g/mol. The van der Waals surface area contributed by atoms with E-state index >= 15 is 0 Å². The molecule has 5 heteroatoms. The topological polar surface area (TPSA) is 64.9 Å². The molecule has 0 amide bonds. The average molecular weight is 265 g/mol. The van der Waals surface area contributed by atoms with E-state index in [1.165, 1.54) is 0 Å². The van der Waals surface area contributed by atoms with Gasteiger partial charge in [-0.2, -0.15) is 16.3 Å². The molecule has 2 aromatic rings. The van der Waals surface area contributed by atoms with Crippen LogP contribution in [0.25, 0.3) is 11.4 Å². The predicted molar refractivity (Wildman–Crippen MR) is 73.4 cm³/mol. The first-order chi connectivity index (χ1) is 8.61. The van der Waals surface area contributed by atoms with Crippen molar-refractivity contribution in [2.45, 2.75) is 33.1 Å². The van der Waals surface area contributed by atoms with E-state index in [0.29, 0.717) is 11.7 Å². The van der Waals surface area contributed by atoms with Crippen molar-refractivity contribution in [2.75, 3.05) is 6.54 Å². The summed E-state index contributed by atoms with van der Waals surface area (Å²) in [5, 5.41) is 8.03. The molecule has 0 atom stereocenters. The first-order valence-corrected chi connectivity index (χ1v) is 7.10. The number of rotatable bonds is 6. The summed E-state index contributed by atoms with van der Waals surface area (Å²) in [7, 11) is 0. The van der Waals surface area contributed by atoms with E-state index in [1.54, 1.807) is 11.3 Å². The quantitative estimate of drug-likeness (QED) is 0.871. The predicted octanol–water partition coefficient (Wildman–Crippen LogP) is 3.11. The monoisotopic (exact) mass is 265 g/mol. The van der Waals surface area contributed by atoms with Gasteiger partial charge in [0.2, 0.25) is 11.7 Å². The molecule has 0 spiro atoms. The normalized spacial score (nSPS) is 11.9.